The van der Waals surface area contributed by atoms with Crippen molar-refractivity contribution in [2.24, 2.45) is 5.92 Å². The van der Waals surface area contributed by atoms with Crippen molar-refractivity contribution in [2.45, 2.75) is 75.7 Å². The molecule has 2 aliphatic rings. The van der Waals surface area contributed by atoms with Gasteiger partial charge >= 0.3 is 0 Å². The maximum atomic E-state index is 15.2. The van der Waals surface area contributed by atoms with Gasteiger partial charge in [-0.05, 0) is 72.5 Å². The van der Waals surface area contributed by atoms with E-state index in [2.05, 4.69) is 47.8 Å². The number of hydrogen-bond acceptors (Lipinski definition) is 8. The van der Waals surface area contributed by atoms with Crippen molar-refractivity contribution < 1.29 is 29.3 Å². The molecule has 0 bridgehead atoms. The molecule has 1 fully saturated rings. The zero-order chi connectivity index (χ0) is 39.8. The molecule has 2 amide bonds. The maximum absolute atomic E-state index is 15.2. The minimum Gasteiger partial charge on any atom is -0.497 e. The van der Waals surface area contributed by atoms with Crippen LogP contribution in [0.1, 0.15) is 48.6 Å². The summed E-state index contributed by atoms with van der Waals surface area (Å²) in [7, 11) is -0.762. The number of hydrogen-bond donors (Lipinski definition) is 3. The lowest BCUT2D eigenvalue weighted by Crippen LogP contribution is -2.51. The molecule has 11 nitrogen and oxygen atoms in total. The molecular weight excluding hydrogens is 746 g/mol. The molecule has 6 atom stereocenters. The van der Waals surface area contributed by atoms with Crippen LogP contribution in [-0.4, -0.2) is 71.0 Å². The molecule has 4 aromatic carbocycles. The summed E-state index contributed by atoms with van der Waals surface area (Å²) in [5, 5.41) is 33.4. The molecule has 0 radical (unpaired) electrons. The van der Waals surface area contributed by atoms with Gasteiger partial charge < -0.3 is 29.9 Å². The summed E-state index contributed by atoms with van der Waals surface area (Å²) in [6.45, 7) is 8.85. The van der Waals surface area contributed by atoms with E-state index < -0.39 is 25.7 Å². The van der Waals surface area contributed by atoms with Crippen molar-refractivity contribution in [1.82, 2.24) is 15.0 Å². The van der Waals surface area contributed by atoms with Crippen LogP contribution in [0.3, 0.4) is 0 Å². The molecule has 0 saturated carbocycles. The van der Waals surface area contributed by atoms with Crippen molar-refractivity contribution in [2.75, 3.05) is 23.9 Å². The van der Waals surface area contributed by atoms with Gasteiger partial charge in [-0.1, -0.05) is 96.6 Å². The second-order valence-electron chi connectivity index (χ2n) is 15.4. The topological polar surface area (TPSA) is 139 Å². The first kappa shape index (κ1) is 39.4. The van der Waals surface area contributed by atoms with Gasteiger partial charge in [-0.2, -0.15) is 0 Å². The number of carbonyl (C=O) groups is 2. The number of aliphatic hydroxyl groups is 2. The van der Waals surface area contributed by atoms with Crippen LogP contribution in [0.15, 0.2) is 103 Å². The lowest BCUT2D eigenvalue weighted by atomic mass is 9.82. The van der Waals surface area contributed by atoms with Crippen LogP contribution in [-0.2, 0) is 33.0 Å². The number of fused-ring (bicyclic) bond motifs is 2. The van der Waals surface area contributed by atoms with Gasteiger partial charge in [0, 0.05) is 34.9 Å². The van der Waals surface area contributed by atoms with Crippen LogP contribution >= 0.6 is 11.6 Å². The number of methoxy groups -OCH3 is 1. The molecule has 3 heterocycles. The Bertz CT molecular complexity index is 2200. The SMILES string of the molecule is COc1ccc([Si](C)(C)[C@H]2[C@H](CCn3cc(C(CO)c4ccccc4)nn3)O[C@@]3(C(=O)N(Cc4cccc(NC(=O)[C@H](C)O)c4)c4ccc(Cl)cc43)[C@@H]2C)cc1. The Morgan fingerprint density at radius 3 is 2.50 bits per heavy atom. The number of aromatic nitrogens is 3. The molecule has 0 aliphatic carbocycles. The van der Waals surface area contributed by atoms with Gasteiger partial charge in [0.25, 0.3) is 11.8 Å². The molecule has 13 heteroatoms. The van der Waals surface area contributed by atoms with Crippen LogP contribution < -0.4 is 20.1 Å². The number of aliphatic hydroxyl groups excluding tert-OH is 2. The van der Waals surface area contributed by atoms with E-state index in [1.807, 2.05) is 79.0 Å². The van der Waals surface area contributed by atoms with E-state index in [1.54, 1.807) is 28.8 Å². The number of benzene rings is 4. The molecule has 1 saturated heterocycles. The van der Waals surface area contributed by atoms with E-state index in [9.17, 15) is 15.0 Å². The molecule has 1 aromatic heterocycles. The predicted octanol–water partition coefficient (Wildman–Crippen LogP) is 6.24. The Hall–Kier alpha value is -4.85. The summed E-state index contributed by atoms with van der Waals surface area (Å²) >= 11 is 6.71. The highest BCUT2D eigenvalue weighted by Gasteiger charge is 2.66. The minimum atomic E-state index is -2.42. The van der Waals surface area contributed by atoms with Crippen molar-refractivity contribution in [1.29, 1.82) is 0 Å². The summed E-state index contributed by atoms with van der Waals surface area (Å²) in [4.78, 5) is 29.3. The van der Waals surface area contributed by atoms with E-state index in [-0.39, 0.29) is 42.5 Å². The summed E-state index contributed by atoms with van der Waals surface area (Å²) in [5.74, 6) is -0.446. The number of amides is 2. The van der Waals surface area contributed by atoms with Crippen LogP contribution in [0.25, 0.3) is 0 Å². The molecule has 5 aromatic rings. The molecular formula is C43H48ClN5O6Si. The Balaban J connectivity index is 1.24. The lowest BCUT2D eigenvalue weighted by Gasteiger charge is -2.37. The Morgan fingerprint density at radius 1 is 1.05 bits per heavy atom. The molecule has 1 unspecified atom stereocenters. The standard InChI is InChI=1S/C43H48ClN5O6Si/c1-27-40(56(4,5)34-17-15-33(54-3)16-18-34)39(20-21-48-25-37(46-47-48)35(26-50)30-11-7-6-8-12-30)55-43(27)36-23-31(44)14-19-38(36)49(42(43)53)24-29-10-9-13-32(22-29)45-41(52)28(2)51/h6-19,22-23,25,27-28,35,39-40,50-51H,20-21,24,26H2,1-5H3,(H,45,52)/t27-,28+,35?,39+,40-,43+/m1/s1. The number of ether oxygens (including phenoxy) is 2. The van der Waals surface area contributed by atoms with Gasteiger partial charge in [0.1, 0.15) is 11.9 Å². The zero-order valence-corrected chi connectivity index (χ0v) is 34.0. The predicted molar refractivity (Wildman–Crippen MR) is 219 cm³/mol. The van der Waals surface area contributed by atoms with Crippen LogP contribution in [0, 0.1) is 5.92 Å². The second kappa shape index (κ2) is 15.9. The fourth-order valence-corrected chi connectivity index (χ4v) is 13.0. The van der Waals surface area contributed by atoms with Gasteiger partial charge in [-0.15, -0.1) is 5.10 Å². The third-order valence-electron chi connectivity index (χ3n) is 11.7. The van der Waals surface area contributed by atoms with Gasteiger partial charge in [0.2, 0.25) is 0 Å². The lowest BCUT2D eigenvalue weighted by molar-refractivity contribution is -0.146. The average Bonchev–Trinajstić information content (AvgIpc) is 3.85. The number of carbonyl (C=O) groups excluding carboxylic acids is 2. The van der Waals surface area contributed by atoms with E-state index in [1.165, 1.54) is 12.1 Å². The number of aryl methyl sites for hydroxylation is 1. The molecule has 7 rings (SSSR count). The number of rotatable bonds is 13. The van der Waals surface area contributed by atoms with Crippen molar-refractivity contribution in [3.63, 3.8) is 0 Å². The highest BCUT2D eigenvalue weighted by atomic mass is 35.5. The largest absolute Gasteiger partial charge is 0.497 e. The zero-order valence-electron chi connectivity index (χ0n) is 32.2. The molecule has 3 N–H and O–H groups in total. The third-order valence-corrected chi connectivity index (χ3v) is 16.2. The number of halogens is 1. The Morgan fingerprint density at radius 2 is 1.80 bits per heavy atom. The van der Waals surface area contributed by atoms with E-state index >= 15 is 4.79 Å². The molecule has 292 valence electrons. The van der Waals surface area contributed by atoms with E-state index in [4.69, 9.17) is 21.1 Å². The first-order valence-electron chi connectivity index (χ1n) is 19.0. The minimum absolute atomic E-state index is 0.0110. The van der Waals surface area contributed by atoms with Crippen LogP contribution in [0.2, 0.25) is 23.7 Å². The van der Waals surface area contributed by atoms with E-state index in [0.717, 1.165) is 28.1 Å². The molecule has 56 heavy (non-hydrogen) atoms. The van der Waals surface area contributed by atoms with Gasteiger partial charge in [0.05, 0.1) is 51.7 Å². The van der Waals surface area contributed by atoms with Crippen molar-refractivity contribution in [3.05, 3.63) is 131 Å². The third kappa shape index (κ3) is 7.27. The molecule has 2 aliphatic heterocycles. The summed E-state index contributed by atoms with van der Waals surface area (Å²) < 4.78 is 14.6. The van der Waals surface area contributed by atoms with Gasteiger partial charge in [-0.25, -0.2) is 0 Å². The maximum Gasteiger partial charge on any atom is 0.264 e. The fraction of sp³-hybridized carbons (Fsp3) is 0.349. The smallest absolute Gasteiger partial charge is 0.264 e. The van der Waals surface area contributed by atoms with Crippen LogP contribution in [0.4, 0.5) is 11.4 Å². The Kier molecular flexibility index (Phi) is 11.2. The van der Waals surface area contributed by atoms with E-state index in [0.29, 0.717) is 29.4 Å². The van der Waals surface area contributed by atoms with Crippen LogP contribution in [0.5, 0.6) is 5.75 Å². The number of anilines is 2. The first-order chi connectivity index (χ1) is 26.9. The number of nitrogens with one attached hydrogen (secondary N) is 1. The summed E-state index contributed by atoms with van der Waals surface area (Å²) in [6, 6.07) is 30.9. The summed E-state index contributed by atoms with van der Waals surface area (Å²) in [5.41, 5.74) is 3.10. The second-order valence-corrected chi connectivity index (χ2v) is 20.5. The Labute approximate surface area is 333 Å². The van der Waals surface area contributed by atoms with Gasteiger partial charge in [0.15, 0.2) is 5.60 Å². The highest BCUT2D eigenvalue weighted by Crippen LogP contribution is 2.60. The summed E-state index contributed by atoms with van der Waals surface area (Å²) in [6.07, 6.45) is 0.952. The van der Waals surface area contributed by atoms with Crippen molar-refractivity contribution in [3.8, 4) is 5.75 Å². The molecule has 1 spiro atoms. The fourth-order valence-electron chi connectivity index (χ4n) is 8.79. The normalized spacial score (nSPS) is 21.6. The first-order valence-corrected chi connectivity index (χ1v) is 22.4. The van der Waals surface area contributed by atoms with Gasteiger partial charge in [-0.3, -0.25) is 14.3 Å². The number of nitrogens with zero attached hydrogens (tertiary/aromatic N) is 4. The quantitative estimate of drug-likeness (QED) is 0.119. The average molecular weight is 794 g/mol. The monoisotopic (exact) mass is 793 g/mol. The highest BCUT2D eigenvalue weighted by molar-refractivity contribution is 6.91. The van der Waals surface area contributed by atoms with Crippen molar-refractivity contribution >= 4 is 48.1 Å².